The lowest BCUT2D eigenvalue weighted by Crippen LogP contribution is -2.21. The van der Waals surface area contributed by atoms with Crippen LogP contribution in [0.25, 0.3) is 0 Å². The maximum absolute atomic E-state index is 3.56. The SMILES string of the molecule is CCCCC(CC)CNCc1csc(Br)c1. The van der Waals surface area contributed by atoms with Crippen LogP contribution in [0.3, 0.4) is 0 Å². The summed E-state index contributed by atoms with van der Waals surface area (Å²) in [6.07, 6.45) is 5.34. The van der Waals surface area contributed by atoms with Crippen molar-refractivity contribution in [1.29, 1.82) is 0 Å². The highest BCUT2D eigenvalue weighted by Gasteiger charge is 2.05. The molecule has 0 fully saturated rings. The van der Waals surface area contributed by atoms with Crippen LogP contribution in [0.1, 0.15) is 45.1 Å². The molecule has 0 aliphatic carbocycles. The second-order valence-corrected chi connectivity index (χ2v) is 6.60. The van der Waals surface area contributed by atoms with E-state index < -0.39 is 0 Å². The van der Waals surface area contributed by atoms with Crippen molar-refractivity contribution in [2.75, 3.05) is 6.54 Å². The van der Waals surface area contributed by atoms with Gasteiger partial charge in [0.05, 0.1) is 3.79 Å². The summed E-state index contributed by atoms with van der Waals surface area (Å²) in [6.45, 7) is 6.72. The zero-order valence-corrected chi connectivity index (χ0v) is 12.7. The molecule has 0 aliphatic heterocycles. The van der Waals surface area contributed by atoms with Crippen LogP contribution in [0.4, 0.5) is 0 Å². The van der Waals surface area contributed by atoms with Gasteiger partial charge in [0.15, 0.2) is 0 Å². The standard InChI is InChI=1S/C13H22BrNS/c1-3-5-6-11(4-2)8-15-9-12-7-13(14)16-10-12/h7,10-11,15H,3-6,8-9H2,1-2H3. The van der Waals surface area contributed by atoms with E-state index in [9.17, 15) is 0 Å². The molecule has 92 valence electrons. The van der Waals surface area contributed by atoms with Gasteiger partial charge in [0, 0.05) is 6.54 Å². The van der Waals surface area contributed by atoms with E-state index in [1.807, 2.05) is 0 Å². The summed E-state index contributed by atoms with van der Waals surface area (Å²) in [5, 5.41) is 5.77. The summed E-state index contributed by atoms with van der Waals surface area (Å²) in [5.41, 5.74) is 1.39. The molecular weight excluding hydrogens is 282 g/mol. The second kappa shape index (κ2) is 8.26. The van der Waals surface area contributed by atoms with Gasteiger partial charge in [-0.15, -0.1) is 11.3 Å². The lowest BCUT2D eigenvalue weighted by molar-refractivity contribution is 0.419. The molecule has 1 heterocycles. The van der Waals surface area contributed by atoms with Crippen LogP contribution in [-0.4, -0.2) is 6.54 Å². The zero-order valence-electron chi connectivity index (χ0n) is 10.3. The number of thiophene rings is 1. The Hall–Kier alpha value is 0.140. The van der Waals surface area contributed by atoms with Gasteiger partial charge in [-0.1, -0.05) is 33.1 Å². The predicted molar refractivity (Wildman–Crippen MR) is 77.0 cm³/mol. The minimum Gasteiger partial charge on any atom is -0.312 e. The van der Waals surface area contributed by atoms with Gasteiger partial charge in [0.1, 0.15) is 0 Å². The predicted octanol–water partition coefficient (Wildman–Crippen LogP) is 4.82. The number of rotatable bonds is 8. The molecule has 0 saturated heterocycles. The average molecular weight is 304 g/mol. The highest BCUT2D eigenvalue weighted by Crippen LogP contribution is 2.20. The Morgan fingerprint density at radius 2 is 2.25 bits per heavy atom. The molecule has 0 spiro atoms. The van der Waals surface area contributed by atoms with Crippen LogP contribution in [-0.2, 0) is 6.54 Å². The summed E-state index contributed by atoms with van der Waals surface area (Å²) >= 11 is 5.25. The fraction of sp³-hybridized carbons (Fsp3) is 0.692. The van der Waals surface area contributed by atoms with Crippen molar-refractivity contribution in [3.05, 3.63) is 20.8 Å². The summed E-state index contributed by atoms with van der Waals surface area (Å²) < 4.78 is 1.22. The summed E-state index contributed by atoms with van der Waals surface area (Å²) in [7, 11) is 0. The Morgan fingerprint density at radius 3 is 2.81 bits per heavy atom. The molecule has 0 aliphatic rings. The van der Waals surface area contributed by atoms with E-state index in [2.05, 4.69) is 46.5 Å². The van der Waals surface area contributed by atoms with Gasteiger partial charge in [0.25, 0.3) is 0 Å². The van der Waals surface area contributed by atoms with Gasteiger partial charge in [-0.25, -0.2) is 0 Å². The molecule has 1 rings (SSSR count). The molecule has 1 unspecified atom stereocenters. The van der Waals surface area contributed by atoms with Crippen molar-refractivity contribution in [1.82, 2.24) is 5.32 Å². The van der Waals surface area contributed by atoms with E-state index in [1.54, 1.807) is 11.3 Å². The molecule has 1 aromatic rings. The molecule has 1 aromatic heterocycles. The van der Waals surface area contributed by atoms with Crippen LogP contribution in [0, 0.1) is 5.92 Å². The number of unbranched alkanes of at least 4 members (excludes halogenated alkanes) is 1. The first-order valence-corrected chi connectivity index (χ1v) is 7.87. The first-order valence-electron chi connectivity index (χ1n) is 6.19. The monoisotopic (exact) mass is 303 g/mol. The van der Waals surface area contributed by atoms with Crippen molar-refractivity contribution >= 4 is 27.3 Å². The van der Waals surface area contributed by atoms with Gasteiger partial charge in [0.2, 0.25) is 0 Å². The van der Waals surface area contributed by atoms with E-state index in [1.165, 1.54) is 35.0 Å². The largest absolute Gasteiger partial charge is 0.312 e. The lowest BCUT2D eigenvalue weighted by atomic mass is 9.99. The van der Waals surface area contributed by atoms with Crippen molar-refractivity contribution < 1.29 is 0 Å². The number of hydrogen-bond acceptors (Lipinski definition) is 2. The first-order chi connectivity index (χ1) is 7.76. The normalized spacial score (nSPS) is 12.9. The molecule has 0 amide bonds. The Labute approximate surface area is 112 Å². The molecule has 1 nitrogen and oxygen atoms in total. The van der Waals surface area contributed by atoms with Crippen LogP contribution >= 0.6 is 27.3 Å². The number of hydrogen-bond donors (Lipinski definition) is 1. The maximum Gasteiger partial charge on any atom is 0.0701 e. The van der Waals surface area contributed by atoms with Gasteiger partial charge in [-0.3, -0.25) is 0 Å². The van der Waals surface area contributed by atoms with E-state index in [-0.39, 0.29) is 0 Å². The van der Waals surface area contributed by atoms with E-state index >= 15 is 0 Å². The minimum absolute atomic E-state index is 0.849. The van der Waals surface area contributed by atoms with Gasteiger partial charge in [-0.2, -0.15) is 0 Å². The summed E-state index contributed by atoms with van der Waals surface area (Å²) in [4.78, 5) is 0. The maximum atomic E-state index is 3.56. The number of nitrogens with one attached hydrogen (secondary N) is 1. The van der Waals surface area contributed by atoms with Crippen LogP contribution in [0.2, 0.25) is 0 Å². The van der Waals surface area contributed by atoms with Crippen molar-refractivity contribution in [3.63, 3.8) is 0 Å². The van der Waals surface area contributed by atoms with Gasteiger partial charge in [-0.05, 0) is 51.8 Å². The van der Waals surface area contributed by atoms with E-state index in [0.717, 1.165) is 19.0 Å². The third-order valence-corrected chi connectivity index (χ3v) is 4.48. The third kappa shape index (κ3) is 5.46. The molecule has 0 saturated carbocycles. The zero-order chi connectivity index (χ0) is 11.8. The van der Waals surface area contributed by atoms with Crippen LogP contribution in [0.15, 0.2) is 15.2 Å². The number of halogens is 1. The van der Waals surface area contributed by atoms with E-state index in [4.69, 9.17) is 0 Å². The highest BCUT2D eigenvalue weighted by molar-refractivity contribution is 9.11. The third-order valence-electron chi connectivity index (χ3n) is 2.93. The second-order valence-electron chi connectivity index (χ2n) is 4.31. The minimum atomic E-state index is 0.849. The molecular formula is C13H22BrNS. The molecule has 0 aromatic carbocycles. The Balaban J connectivity index is 2.17. The smallest absolute Gasteiger partial charge is 0.0701 e. The average Bonchev–Trinajstić information content (AvgIpc) is 2.69. The Morgan fingerprint density at radius 1 is 1.44 bits per heavy atom. The fourth-order valence-electron chi connectivity index (χ4n) is 1.80. The van der Waals surface area contributed by atoms with Gasteiger partial charge >= 0.3 is 0 Å². The fourth-order valence-corrected chi connectivity index (χ4v) is 3.01. The van der Waals surface area contributed by atoms with Crippen molar-refractivity contribution in [2.24, 2.45) is 5.92 Å². The molecule has 0 bridgehead atoms. The quantitative estimate of drug-likeness (QED) is 0.726. The van der Waals surface area contributed by atoms with Crippen molar-refractivity contribution in [2.45, 2.75) is 46.1 Å². The van der Waals surface area contributed by atoms with Crippen molar-refractivity contribution in [3.8, 4) is 0 Å². The van der Waals surface area contributed by atoms with Crippen LogP contribution < -0.4 is 5.32 Å². The molecule has 3 heteroatoms. The Bertz CT molecular complexity index is 285. The Kier molecular flexibility index (Phi) is 7.33. The topological polar surface area (TPSA) is 12.0 Å². The first kappa shape index (κ1) is 14.2. The molecule has 0 radical (unpaired) electrons. The highest BCUT2D eigenvalue weighted by atomic mass is 79.9. The van der Waals surface area contributed by atoms with Crippen LogP contribution in [0.5, 0.6) is 0 Å². The molecule has 1 N–H and O–H groups in total. The van der Waals surface area contributed by atoms with E-state index in [0.29, 0.717) is 0 Å². The lowest BCUT2D eigenvalue weighted by Gasteiger charge is -2.14. The summed E-state index contributed by atoms with van der Waals surface area (Å²) in [5.74, 6) is 0.849. The molecule has 16 heavy (non-hydrogen) atoms. The van der Waals surface area contributed by atoms with Gasteiger partial charge < -0.3 is 5.32 Å². The summed E-state index contributed by atoms with van der Waals surface area (Å²) in [6, 6.07) is 2.20. The molecule has 1 atom stereocenters.